The van der Waals surface area contributed by atoms with Crippen LogP contribution in [0.2, 0.25) is 0 Å². The van der Waals surface area contributed by atoms with E-state index in [1.54, 1.807) is 7.11 Å². The van der Waals surface area contributed by atoms with Crippen molar-refractivity contribution in [3.8, 4) is 11.1 Å². The molecule has 4 amide bonds. The van der Waals surface area contributed by atoms with E-state index in [4.69, 9.17) is 9.47 Å². The van der Waals surface area contributed by atoms with Crippen LogP contribution in [0.25, 0.3) is 11.1 Å². The second-order valence-electron chi connectivity index (χ2n) is 18.2. The largest absolute Gasteiger partial charge is 0.449 e. The molecule has 304 valence electrons. The molecule has 0 spiro atoms. The average Bonchev–Trinajstić information content (AvgIpc) is 4.07. The number of amides is 4. The third-order valence-corrected chi connectivity index (χ3v) is 13.9. The number of alkyl carbamates (subject to hydrolysis) is 1. The fourth-order valence-corrected chi connectivity index (χ4v) is 9.59. The number of ether oxygens (including phenoxy) is 2. The van der Waals surface area contributed by atoms with Gasteiger partial charge in [-0.15, -0.1) is 6.58 Å². The van der Waals surface area contributed by atoms with Crippen molar-refractivity contribution in [2.45, 2.75) is 121 Å². The van der Waals surface area contributed by atoms with Crippen LogP contribution in [0.15, 0.2) is 55.1 Å². The van der Waals surface area contributed by atoms with E-state index < -0.39 is 73.6 Å². The minimum Gasteiger partial charge on any atom is -0.449 e. The van der Waals surface area contributed by atoms with Crippen LogP contribution >= 0.6 is 0 Å². The lowest BCUT2D eigenvalue weighted by atomic mass is 9.85. The van der Waals surface area contributed by atoms with Gasteiger partial charge in [0.2, 0.25) is 21.8 Å². The van der Waals surface area contributed by atoms with Crippen LogP contribution in [0, 0.1) is 23.7 Å². The predicted octanol–water partition coefficient (Wildman–Crippen LogP) is 5.67. The maximum absolute atomic E-state index is 14.8. The van der Waals surface area contributed by atoms with Gasteiger partial charge in [-0.1, -0.05) is 95.1 Å². The first-order valence-electron chi connectivity index (χ1n) is 19.7. The molecule has 2 aromatic rings. The monoisotopic (exact) mass is 790 g/mol. The lowest BCUT2D eigenvalue weighted by Gasteiger charge is -2.36. The molecule has 5 atom stereocenters. The number of hydrogen-bond donors (Lipinski definition) is 3. The summed E-state index contributed by atoms with van der Waals surface area (Å²) in [7, 11) is -2.36. The molecule has 3 N–H and O–H groups in total. The van der Waals surface area contributed by atoms with E-state index in [-0.39, 0.29) is 31.4 Å². The Balaban J connectivity index is 1.39. The standard InChI is InChI=1S/C43H58N4O8S/c1-9-30-23-43(30,38(50)46-56(52,53)32-18-19-32)45-36(48)34-24-42(54-8)25-47(34)37(49)35(40(3,4)5)44-39(51)55-26-41(6,7)21-11-10-12-29-22-27(2)13-20-33(29)28-14-16-31(42)17-15-28/h9,13-17,20,22,30,32,34-35H,1,10-12,18-19,21,23-26H2,2-8H3,(H,44,51)(H,45,48)(H,46,50)/t30-,34+,35-,42+,43-/m1/s1. The summed E-state index contributed by atoms with van der Waals surface area (Å²) in [5.41, 5.74) is 1.51. The Morgan fingerprint density at radius 1 is 1.05 bits per heavy atom. The Bertz CT molecular complexity index is 1990. The van der Waals surface area contributed by atoms with Gasteiger partial charge in [0.1, 0.15) is 23.2 Å². The van der Waals surface area contributed by atoms with Crippen LogP contribution in [0.5, 0.6) is 0 Å². The SMILES string of the molecule is C=C[C@@H]1C[C@]1(NC(=O)[C@@H]1C[C@]2(OC)CN1C(=O)[C@H](C(C)(C)C)NC(=O)OCC(C)(C)CCCCc1cc(C)ccc1-c1ccc2cc1)C(=O)NS(=O)(=O)C1CC1. The van der Waals surface area contributed by atoms with Gasteiger partial charge >= 0.3 is 6.09 Å². The maximum atomic E-state index is 14.8. The average molecular weight is 791 g/mol. The van der Waals surface area contributed by atoms with E-state index in [0.717, 1.165) is 42.4 Å². The fourth-order valence-electron chi connectivity index (χ4n) is 8.22. The van der Waals surface area contributed by atoms with Crippen molar-refractivity contribution in [3.63, 3.8) is 0 Å². The maximum Gasteiger partial charge on any atom is 0.407 e. The van der Waals surface area contributed by atoms with Crippen LogP contribution in [0.4, 0.5) is 4.79 Å². The molecular weight excluding hydrogens is 733 g/mol. The molecule has 4 bridgehead atoms. The molecule has 3 aliphatic heterocycles. The van der Waals surface area contributed by atoms with Crippen molar-refractivity contribution in [3.05, 3.63) is 71.8 Å². The van der Waals surface area contributed by atoms with Gasteiger partial charge in [-0.05, 0) is 78.5 Å². The number of rotatable bonds is 7. The second-order valence-corrected chi connectivity index (χ2v) is 20.2. The van der Waals surface area contributed by atoms with Gasteiger partial charge in [0.25, 0.3) is 5.91 Å². The normalized spacial score (nSPS) is 28.3. The molecule has 13 heteroatoms. The molecule has 2 aliphatic carbocycles. The highest BCUT2D eigenvalue weighted by atomic mass is 32.2. The highest BCUT2D eigenvalue weighted by molar-refractivity contribution is 7.91. The van der Waals surface area contributed by atoms with E-state index in [1.807, 2.05) is 45.0 Å². The van der Waals surface area contributed by atoms with Gasteiger partial charge in [0.05, 0.1) is 18.4 Å². The number of aryl methyl sites for hydroxylation is 2. The van der Waals surface area contributed by atoms with Gasteiger partial charge in [0, 0.05) is 19.4 Å². The minimum absolute atomic E-state index is 0.0303. The summed E-state index contributed by atoms with van der Waals surface area (Å²) in [6.45, 7) is 15.6. The highest BCUT2D eigenvalue weighted by Gasteiger charge is 2.62. The number of nitrogens with one attached hydrogen (secondary N) is 3. The molecule has 3 fully saturated rings. The van der Waals surface area contributed by atoms with E-state index in [9.17, 15) is 27.6 Å². The molecule has 5 aliphatic rings. The first-order chi connectivity index (χ1) is 26.2. The van der Waals surface area contributed by atoms with Crippen LogP contribution in [-0.4, -0.2) is 80.3 Å². The second kappa shape index (κ2) is 15.3. The van der Waals surface area contributed by atoms with E-state index in [0.29, 0.717) is 12.8 Å². The molecule has 1 saturated heterocycles. The first-order valence-corrected chi connectivity index (χ1v) is 21.3. The van der Waals surface area contributed by atoms with E-state index >= 15 is 0 Å². The predicted molar refractivity (Wildman–Crippen MR) is 214 cm³/mol. The molecular formula is C43H58N4O8S. The number of carbonyl (C=O) groups is 4. The molecule has 7 rings (SSSR count). The van der Waals surface area contributed by atoms with E-state index in [1.165, 1.54) is 22.1 Å². The Labute approximate surface area is 331 Å². The van der Waals surface area contributed by atoms with Crippen molar-refractivity contribution in [2.24, 2.45) is 16.7 Å². The number of benzene rings is 2. The molecule has 2 saturated carbocycles. The van der Waals surface area contributed by atoms with Gasteiger partial charge in [-0.2, -0.15) is 0 Å². The lowest BCUT2D eigenvalue weighted by Crippen LogP contribution is -2.60. The fraction of sp³-hybridized carbons (Fsp3) is 0.581. The molecule has 56 heavy (non-hydrogen) atoms. The van der Waals surface area contributed by atoms with Crippen LogP contribution < -0.4 is 15.4 Å². The summed E-state index contributed by atoms with van der Waals surface area (Å²) in [5.74, 6) is -2.51. The van der Waals surface area contributed by atoms with Crippen LogP contribution in [-0.2, 0) is 45.9 Å². The Morgan fingerprint density at radius 2 is 1.75 bits per heavy atom. The zero-order chi connectivity index (χ0) is 40.8. The van der Waals surface area contributed by atoms with Crippen molar-refractivity contribution < 1.29 is 37.1 Å². The van der Waals surface area contributed by atoms with Crippen molar-refractivity contribution in [1.29, 1.82) is 0 Å². The summed E-state index contributed by atoms with van der Waals surface area (Å²) < 4.78 is 39.8. The van der Waals surface area contributed by atoms with E-state index in [2.05, 4.69) is 60.9 Å². The van der Waals surface area contributed by atoms with Gasteiger partial charge in [0.15, 0.2) is 0 Å². The molecule has 2 aromatic carbocycles. The number of nitrogens with zero attached hydrogens (tertiary/aromatic N) is 1. The third-order valence-electron chi connectivity index (χ3n) is 12.1. The molecule has 12 nitrogen and oxygen atoms in total. The van der Waals surface area contributed by atoms with Gasteiger partial charge < -0.3 is 25.0 Å². The Kier molecular flexibility index (Phi) is 11.3. The highest BCUT2D eigenvalue weighted by Crippen LogP contribution is 2.47. The molecule has 0 aromatic heterocycles. The Morgan fingerprint density at radius 3 is 2.36 bits per heavy atom. The smallest absolute Gasteiger partial charge is 0.407 e. The number of methoxy groups -OCH3 is 1. The number of hydrogen-bond acceptors (Lipinski definition) is 8. The van der Waals surface area contributed by atoms with Crippen molar-refractivity contribution >= 4 is 33.8 Å². The van der Waals surface area contributed by atoms with Crippen molar-refractivity contribution in [1.82, 2.24) is 20.3 Å². The van der Waals surface area contributed by atoms with Crippen LogP contribution in [0.1, 0.15) is 96.3 Å². The third kappa shape index (κ3) is 8.54. The minimum atomic E-state index is -3.90. The molecule has 0 unspecified atom stereocenters. The molecule has 0 radical (unpaired) electrons. The first kappa shape index (κ1) is 41.4. The summed E-state index contributed by atoms with van der Waals surface area (Å²) in [6.07, 6.45) is 5.52. The summed E-state index contributed by atoms with van der Waals surface area (Å²) >= 11 is 0. The zero-order valence-electron chi connectivity index (χ0n) is 33.8. The number of fused-ring (bicyclic) bond motifs is 12. The van der Waals surface area contributed by atoms with Crippen molar-refractivity contribution in [2.75, 3.05) is 20.3 Å². The number of sulfonamides is 1. The topological polar surface area (TPSA) is 160 Å². The zero-order valence-corrected chi connectivity index (χ0v) is 34.6. The Hall–Kier alpha value is -4.23. The van der Waals surface area contributed by atoms with Crippen LogP contribution in [0.3, 0.4) is 0 Å². The summed E-state index contributed by atoms with van der Waals surface area (Å²) in [4.78, 5) is 57.9. The lowest BCUT2D eigenvalue weighted by molar-refractivity contribution is -0.143. The molecule has 3 heterocycles. The summed E-state index contributed by atoms with van der Waals surface area (Å²) in [5, 5.41) is 5.04. The summed E-state index contributed by atoms with van der Waals surface area (Å²) in [6, 6.07) is 12.2. The quantitative estimate of drug-likeness (QED) is 0.303. The van der Waals surface area contributed by atoms with Gasteiger partial charge in [-0.25, -0.2) is 13.2 Å². The number of carbonyl (C=O) groups excluding carboxylic acids is 4. The van der Waals surface area contributed by atoms with Gasteiger partial charge in [-0.3, -0.25) is 19.1 Å².